The van der Waals surface area contributed by atoms with E-state index in [0.29, 0.717) is 16.7 Å². The number of nitrogens with zero attached hydrogens (tertiary/aromatic N) is 3. The van der Waals surface area contributed by atoms with Crippen LogP contribution in [0.5, 0.6) is 5.75 Å². The van der Waals surface area contributed by atoms with Crippen molar-refractivity contribution >= 4 is 27.8 Å². The third-order valence-electron chi connectivity index (χ3n) is 4.74. The fraction of sp³-hybridized carbons (Fsp3) is 0.286. The summed E-state index contributed by atoms with van der Waals surface area (Å²) in [4.78, 5) is 15.6. The van der Waals surface area contributed by atoms with Crippen LogP contribution < -0.4 is 9.46 Å². The molecule has 0 radical (unpaired) electrons. The number of thioether (sulfide) groups is 1. The predicted octanol–water partition coefficient (Wildman–Crippen LogP) is 1.77. The zero-order valence-electron chi connectivity index (χ0n) is 18.0. The van der Waals surface area contributed by atoms with Gasteiger partial charge in [0.05, 0.1) is 18.1 Å². The van der Waals surface area contributed by atoms with E-state index in [2.05, 4.69) is 14.8 Å². The first-order valence-corrected chi connectivity index (χ1v) is 12.3. The summed E-state index contributed by atoms with van der Waals surface area (Å²) >= 11 is 1.23. The summed E-state index contributed by atoms with van der Waals surface area (Å²) in [6.45, 7) is 0. The number of aliphatic carboxylic acids is 1. The van der Waals surface area contributed by atoms with Gasteiger partial charge in [-0.25, -0.2) is 13.4 Å². The van der Waals surface area contributed by atoms with Crippen molar-refractivity contribution < 1.29 is 28.2 Å². The van der Waals surface area contributed by atoms with Crippen molar-refractivity contribution in [2.45, 2.75) is 28.6 Å². The average Bonchev–Trinajstić information content (AvgIpc) is 3.22. The molecule has 0 aliphatic rings. The number of methoxy groups -OCH3 is 1. The molecule has 2 atom stereocenters. The van der Waals surface area contributed by atoms with Crippen LogP contribution in [0.25, 0.3) is 11.1 Å². The summed E-state index contributed by atoms with van der Waals surface area (Å²) in [5.41, 5.74) is 1.65. The van der Waals surface area contributed by atoms with E-state index in [0.717, 1.165) is 11.1 Å². The van der Waals surface area contributed by atoms with E-state index in [1.54, 1.807) is 38.4 Å². The lowest BCUT2D eigenvalue weighted by atomic mass is 10.1. The maximum Gasteiger partial charge on any atom is 0.324 e. The molecule has 0 saturated carbocycles. The van der Waals surface area contributed by atoms with E-state index < -0.39 is 28.1 Å². The molecule has 10 nitrogen and oxygen atoms in total. The minimum atomic E-state index is -4.18. The number of nitrogens with one attached hydrogen (secondary N) is 1. The number of aliphatic hydroxyl groups is 1. The van der Waals surface area contributed by atoms with Crippen molar-refractivity contribution in [3.8, 4) is 16.9 Å². The van der Waals surface area contributed by atoms with Crippen molar-refractivity contribution in [1.29, 1.82) is 0 Å². The Morgan fingerprint density at radius 1 is 1.15 bits per heavy atom. The number of hydrogen-bond acceptors (Lipinski definition) is 8. The van der Waals surface area contributed by atoms with Gasteiger partial charge in [-0.05, 0) is 41.8 Å². The summed E-state index contributed by atoms with van der Waals surface area (Å²) in [6, 6.07) is 11.6. The number of carbonyl (C=O) groups is 1. The SMILES string of the molecule is COc1ccc(-c2ccc(S(=O)(=O)N[C@@H](C(=O)O)[C@H](O)CCSc3ncn(C)n3)cc2)cc1. The Morgan fingerprint density at radius 2 is 1.76 bits per heavy atom. The molecule has 0 amide bonds. The maximum atomic E-state index is 12.8. The molecule has 2 aromatic carbocycles. The van der Waals surface area contributed by atoms with Gasteiger partial charge in [0.1, 0.15) is 18.1 Å². The molecule has 3 N–H and O–H groups in total. The number of carboxylic acid groups (broad SMARTS) is 1. The number of sulfonamides is 1. The molecule has 33 heavy (non-hydrogen) atoms. The molecule has 0 bridgehead atoms. The third-order valence-corrected chi connectivity index (χ3v) is 7.09. The summed E-state index contributed by atoms with van der Waals surface area (Å²) in [7, 11) is -0.897. The number of rotatable bonds is 11. The smallest absolute Gasteiger partial charge is 0.324 e. The van der Waals surface area contributed by atoms with Crippen LogP contribution in [0.3, 0.4) is 0 Å². The summed E-state index contributed by atoms with van der Waals surface area (Å²) in [5, 5.41) is 24.4. The van der Waals surface area contributed by atoms with E-state index in [4.69, 9.17) is 4.74 Å². The van der Waals surface area contributed by atoms with Crippen LogP contribution in [0.2, 0.25) is 0 Å². The summed E-state index contributed by atoms with van der Waals surface area (Å²) in [6.07, 6.45) is 0.109. The van der Waals surface area contributed by atoms with Crippen LogP contribution in [-0.2, 0) is 21.9 Å². The summed E-state index contributed by atoms with van der Waals surface area (Å²) < 4.78 is 34.2. The first kappa shape index (κ1) is 24.7. The molecule has 3 aromatic rings. The van der Waals surface area contributed by atoms with E-state index in [1.807, 2.05) is 12.1 Å². The minimum Gasteiger partial charge on any atom is -0.497 e. The quantitative estimate of drug-likeness (QED) is 0.341. The summed E-state index contributed by atoms with van der Waals surface area (Å²) in [5.74, 6) is -0.454. The third kappa shape index (κ3) is 6.54. The zero-order chi connectivity index (χ0) is 24.0. The van der Waals surface area contributed by atoms with Gasteiger partial charge in [0, 0.05) is 12.8 Å². The lowest BCUT2D eigenvalue weighted by Gasteiger charge is -2.20. The Bertz CT molecular complexity index is 1180. The fourth-order valence-corrected chi connectivity index (χ4v) is 5.03. The highest BCUT2D eigenvalue weighted by Crippen LogP contribution is 2.24. The molecule has 12 heteroatoms. The van der Waals surface area contributed by atoms with E-state index >= 15 is 0 Å². The van der Waals surface area contributed by atoms with E-state index in [1.165, 1.54) is 34.9 Å². The Hall–Kier alpha value is -2.93. The molecule has 3 rings (SSSR count). The van der Waals surface area contributed by atoms with Crippen molar-refractivity contribution in [1.82, 2.24) is 19.5 Å². The topological polar surface area (TPSA) is 144 Å². The molecule has 0 saturated heterocycles. The van der Waals surface area contributed by atoms with Crippen molar-refractivity contribution in [3.63, 3.8) is 0 Å². The molecular weight excluding hydrogens is 468 g/mol. The van der Waals surface area contributed by atoms with Gasteiger partial charge in [-0.1, -0.05) is 36.0 Å². The Balaban J connectivity index is 1.65. The molecule has 0 unspecified atom stereocenters. The van der Waals surface area contributed by atoms with Gasteiger partial charge >= 0.3 is 5.97 Å². The van der Waals surface area contributed by atoms with E-state index in [9.17, 15) is 23.4 Å². The van der Waals surface area contributed by atoms with Gasteiger partial charge in [-0.15, -0.1) is 5.10 Å². The number of aliphatic hydroxyl groups excluding tert-OH is 1. The Labute approximate surface area is 195 Å². The Kier molecular flexibility index (Phi) is 8.08. The van der Waals surface area contributed by atoms with Gasteiger partial charge in [-0.2, -0.15) is 4.72 Å². The molecule has 0 spiro atoms. The van der Waals surface area contributed by atoms with Gasteiger partial charge < -0.3 is 14.9 Å². The fourth-order valence-electron chi connectivity index (χ4n) is 2.96. The lowest BCUT2D eigenvalue weighted by Crippen LogP contribution is -2.48. The highest BCUT2D eigenvalue weighted by molar-refractivity contribution is 7.99. The van der Waals surface area contributed by atoms with Crippen molar-refractivity contribution in [3.05, 3.63) is 54.9 Å². The molecule has 1 heterocycles. The number of aromatic nitrogens is 3. The second kappa shape index (κ2) is 10.8. The first-order chi connectivity index (χ1) is 15.7. The first-order valence-electron chi connectivity index (χ1n) is 9.86. The number of carboxylic acids is 1. The molecule has 0 fully saturated rings. The standard InChI is InChI=1S/C21H24N4O6S2/c1-25-13-22-21(23-25)32-12-11-18(26)19(20(27)28)24-33(29,30)17-9-5-15(6-10-17)14-3-7-16(31-2)8-4-14/h3-10,13,18-19,24,26H,11-12H2,1-2H3,(H,27,28)/t18-,19-/m1/s1. The average molecular weight is 493 g/mol. The molecular formula is C21H24N4O6S2. The van der Waals surface area contributed by atoms with E-state index in [-0.39, 0.29) is 11.3 Å². The zero-order valence-corrected chi connectivity index (χ0v) is 19.6. The van der Waals surface area contributed by atoms with Crippen LogP contribution in [0.1, 0.15) is 6.42 Å². The number of aryl methyl sites for hydroxylation is 1. The minimum absolute atomic E-state index is 0.0266. The normalized spacial score (nSPS) is 13.4. The van der Waals surface area contributed by atoms with Crippen LogP contribution in [0.15, 0.2) is 64.9 Å². The second-order valence-electron chi connectivity index (χ2n) is 7.10. The molecule has 1 aromatic heterocycles. The number of benzene rings is 2. The highest BCUT2D eigenvalue weighted by atomic mass is 32.2. The Morgan fingerprint density at radius 3 is 2.27 bits per heavy atom. The van der Waals surface area contributed by atoms with Crippen LogP contribution in [-0.4, -0.2) is 64.4 Å². The second-order valence-corrected chi connectivity index (χ2v) is 9.87. The van der Waals surface area contributed by atoms with Crippen molar-refractivity contribution in [2.24, 2.45) is 7.05 Å². The highest BCUT2D eigenvalue weighted by Gasteiger charge is 2.31. The van der Waals surface area contributed by atoms with Gasteiger partial charge in [0.2, 0.25) is 15.2 Å². The predicted molar refractivity (Wildman–Crippen MR) is 123 cm³/mol. The van der Waals surface area contributed by atoms with Gasteiger partial charge in [0.15, 0.2) is 0 Å². The lowest BCUT2D eigenvalue weighted by molar-refractivity contribution is -0.141. The molecule has 0 aliphatic carbocycles. The number of hydrogen-bond donors (Lipinski definition) is 3. The largest absolute Gasteiger partial charge is 0.497 e. The molecule has 176 valence electrons. The number of ether oxygens (including phenoxy) is 1. The van der Waals surface area contributed by atoms with Gasteiger partial charge in [0.25, 0.3) is 0 Å². The van der Waals surface area contributed by atoms with Crippen LogP contribution in [0.4, 0.5) is 0 Å². The maximum absolute atomic E-state index is 12.8. The van der Waals surface area contributed by atoms with Gasteiger partial charge in [-0.3, -0.25) is 9.48 Å². The van der Waals surface area contributed by atoms with Crippen LogP contribution >= 0.6 is 11.8 Å². The monoisotopic (exact) mass is 492 g/mol. The van der Waals surface area contributed by atoms with Crippen molar-refractivity contribution in [2.75, 3.05) is 12.9 Å². The molecule has 0 aliphatic heterocycles. The van der Waals surface area contributed by atoms with Crippen LogP contribution in [0, 0.1) is 0 Å².